The van der Waals surface area contributed by atoms with Crippen molar-refractivity contribution in [2.24, 2.45) is 5.84 Å². The van der Waals surface area contributed by atoms with E-state index in [4.69, 9.17) is 5.84 Å². The standard InChI is InChI=1S/C12H13F2N5O/c1-7-6-10(18-12(16-7)19-15)17-8-4-2-3-5-9(8)20-11(13)14/h2-6,11H,15H2,1H3,(H2,16,17,18,19). The maximum atomic E-state index is 12.3. The molecular weight excluding hydrogens is 268 g/mol. The Morgan fingerprint density at radius 2 is 2.00 bits per heavy atom. The molecule has 1 heterocycles. The highest BCUT2D eigenvalue weighted by molar-refractivity contribution is 5.64. The Balaban J connectivity index is 2.27. The molecule has 4 N–H and O–H groups in total. The fourth-order valence-electron chi connectivity index (χ4n) is 1.60. The molecule has 0 amide bonds. The van der Waals surface area contributed by atoms with Gasteiger partial charge < -0.3 is 10.1 Å². The lowest BCUT2D eigenvalue weighted by Gasteiger charge is -2.12. The highest BCUT2D eigenvalue weighted by atomic mass is 19.3. The maximum Gasteiger partial charge on any atom is 0.387 e. The van der Waals surface area contributed by atoms with Crippen molar-refractivity contribution in [3.05, 3.63) is 36.0 Å². The van der Waals surface area contributed by atoms with E-state index < -0.39 is 6.61 Å². The second kappa shape index (κ2) is 6.11. The van der Waals surface area contributed by atoms with E-state index in [0.29, 0.717) is 17.2 Å². The van der Waals surface area contributed by atoms with E-state index in [1.54, 1.807) is 31.2 Å². The second-order valence-electron chi connectivity index (χ2n) is 3.86. The molecule has 0 saturated heterocycles. The van der Waals surface area contributed by atoms with Gasteiger partial charge in [0.05, 0.1) is 5.69 Å². The number of para-hydroxylation sites is 2. The molecule has 1 aromatic carbocycles. The molecule has 0 bridgehead atoms. The smallest absolute Gasteiger partial charge is 0.387 e. The Kier molecular flexibility index (Phi) is 4.26. The van der Waals surface area contributed by atoms with Crippen LogP contribution in [-0.4, -0.2) is 16.6 Å². The molecule has 0 aliphatic rings. The molecule has 2 aromatic rings. The summed E-state index contributed by atoms with van der Waals surface area (Å²) in [6, 6.07) is 7.98. The van der Waals surface area contributed by atoms with E-state index in [1.165, 1.54) is 6.07 Å². The molecule has 1 aromatic heterocycles. The van der Waals surface area contributed by atoms with Gasteiger partial charge in [-0.2, -0.15) is 13.8 Å². The van der Waals surface area contributed by atoms with Gasteiger partial charge in [-0.05, 0) is 19.1 Å². The third-order valence-corrected chi connectivity index (χ3v) is 2.35. The van der Waals surface area contributed by atoms with Crippen LogP contribution >= 0.6 is 0 Å². The number of aryl methyl sites for hydroxylation is 1. The Morgan fingerprint density at radius 1 is 1.25 bits per heavy atom. The Hall–Kier alpha value is -2.48. The Labute approximate surface area is 114 Å². The lowest BCUT2D eigenvalue weighted by atomic mass is 10.3. The highest BCUT2D eigenvalue weighted by Crippen LogP contribution is 2.28. The van der Waals surface area contributed by atoms with Crippen molar-refractivity contribution < 1.29 is 13.5 Å². The van der Waals surface area contributed by atoms with Crippen LogP contribution in [-0.2, 0) is 0 Å². The molecule has 0 atom stereocenters. The van der Waals surface area contributed by atoms with Crippen molar-refractivity contribution in [3.8, 4) is 5.75 Å². The van der Waals surface area contributed by atoms with Gasteiger partial charge in [-0.15, -0.1) is 0 Å². The quantitative estimate of drug-likeness (QED) is 0.576. The van der Waals surface area contributed by atoms with Gasteiger partial charge in [0.1, 0.15) is 11.6 Å². The minimum absolute atomic E-state index is 0.0287. The average molecular weight is 281 g/mol. The molecule has 0 saturated carbocycles. The molecular formula is C12H13F2N5O. The number of nitrogens with two attached hydrogens (primary N) is 1. The monoisotopic (exact) mass is 281 g/mol. The minimum Gasteiger partial charge on any atom is -0.433 e. The maximum absolute atomic E-state index is 12.3. The summed E-state index contributed by atoms with van der Waals surface area (Å²) in [6.07, 6.45) is 0. The van der Waals surface area contributed by atoms with Crippen molar-refractivity contribution in [2.45, 2.75) is 13.5 Å². The fraction of sp³-hybridized carbons (Fsp3) is 0.167. The predicted molar refractivity (Wildman–Crippen MR) is 70.9 cm³/mol. The normalized spacial score (nSPS) is 10.4. The average Bonchev–Trinajstić information content (AvgIpc) is 2.39. The van der Waals surface area contributed by atoms with Crippen LogP contribution in [0.2, 0.25) is 0 Å². The van der Waals surface area contributed by atoms with E-state index in [1.807, 2.05) is 0 Å². The van der Waals surface area contributed by atoms with Crippen LogP contribution in [0.1, 0.15) is 5.69 Å². The number of hydrazine groups is 1. The van der Waals surface area contributed by atoms with Gasteiger partial charge in [0.15, 0.2) is 0 Å². The molecule has 0 unspecified atom stereocenters. The molecule has 0 fully saturated rings. The lowest BCUT2D eigenvalue weighted by molar-refractivity contribution is -0.0493. The number of nitrogen functional groups attached to an aromatic ring is 1. The SMILES string of the molecule is Cc1cc(Nc2ccccc2OC(F)F)nc(NN)n1. The number of hydrogen-bond acceptors (Lipinski definition) is 6. The van der Waals surface area contributed by atoms with Crippen LogP contribution in [0, 0.1) is 6.92 Å². The van der Waals surface area contributed by atoms with Gasteiger partial charge in [-0.3, -0.25) is 5.43 Å². The third kappa shape index (κ3) is 3.51. The summed E-state index contributed by atoms with van der Waals surface area (Å²) < 4.78 is 29.1. The molecule has 20 heavy (non-hydrogen) atoms. The zero-order chi connectivity index (χ0) is 14.5. The number of nitrogens with one attached hydrogen (secondary N) is 2. The number of hydrogen-bond donors (Lipinski definition) is 3. The van der Waals surface area contributed by atoms with Crippen molar-refractivity contribution in [3.63, 3.8) is 0 Å². The molecule has 0 aliphatic heterocycles. The first-order chi connectivity index (χ1) is 9.58. The van der Waals surface area contributed by atoms with E-state index in [-0.39, 0.29) is 11.7 Å². The minimum atomic E-state index is -2.90. The zero-order valence-electron chi connectivity index (χ0n) is 10.6. The van der Waals surface area contributed by atoms with Crippen LogP contribution in [0.25, 0.3) is 0 Å². The summed E-state index contributed by atoms with van der Waals surface area (Å²) >= 11 is 0. The number of halogens is 2. The first-order valence-corrected chi connectivity index (χ1v) is 5.71. The summed E-state index contributed by atoms with van der Waals surface area (Å²) in [5, 5.41) is 2.89. The predicted octanol–water partition coefficient (Wildman–Crippen LogP) is 2.42. The van der Waals surface area contributed by atoms with Crippen LogP contribution in [0.3, 0.4) is 0 Å². The summed E-state index contributed by atoms with van der Waals surface area (Å²) in [4.78, 5) is 8.09. The number of alkyl halides is 2. The van der Waals surface area contributed by atoms with Gasteiger partial charge in [0.2, 0.25) is 5.95 Å². The lowest BCUT2D eigenvalue weighted by Crippen LogP contribution is -2.12. The van der Waals surface area contributed by atoms with Crippen LogP contribution in [0.15, 0.2) is 30.3 Å². The third-order valence-electron chi connectivity index (χ3n) is 2.35. The van der Waals surface area contributed by atoms with Crippen LogP contribution in [0.5, 0.6) is 5.75 Å². The molecule has 0 aliphatic carbocycles. The summed E-state index contributed by atoms with van der Waals surface area (Å²) in [7, 11) is 0. The summed E-state index contributed by atoms with van der Waals surface area (Å²) in [5.74, 6) is 5.91. The number of rotatable bonds is 5. The molecule has 2 rings (SSSR count). The van der Waals surface area contributed by atoms with E-state index in [2.05, 4.69) is 25.4 Å². The molecule has 8 heteroatoms. The van der Waals surface area contributed by atoms with Crippen molar-refractivity contribution in [2.75, 3.05) is 10.7 Å². The molecule has 0 radical (unpaired) electrons. The van der Waals surface area contributed by atoms with Gasteiger partial charge >= 0.3 is 6.61 Å². The van der Waals surface area contributed by atoms with E-state index >= 15 is 0 Å². The van der Waals surface area contributed by atoms with Crippen molar-refractivity contribution >= 4 is 17.5 Å². The molecule has 0 spiro atoms. The Morgan fingerprint density at radius 3 is 2.70 bits per heavy atom. The van der Waals surface area contributed by atoms with Crippen molar-refractivity contribution in [1.82, 2.24) is 9.97 Å². The van der Waals surface area contributed by atoms with E-state index in [9.17, 15) is 8.78 Å². The van der Waals surface area contributed by atoms with Crippen molar-refractivity contribution in [1.29, 1.82) is 0 Å². The number of benzene rings is 1. The number of ether oxygens (including phenoxy) is 1. The Bertz CT molecular complexity index is 594. The number of anilines is 3. The topological polar surface area (TPSA) is 85.1 Å². The largest absolute Gasteiger partial charge is 0.433 e. The summed E-state index contributed by atoms with van der Waals surface area (Å²) in [5.41, 5.74) is 3.37. The molecule has 6 nitrogen and oxygen atoms in total. The van der Waals surface area contributed by atoms with Crippen LogP contribution in [0.4, 0.5) is 26.2 Å². The fourth-order valence-corrected chi connectivity index (χ4v) is 1.60. The first-order valence-electron chi connectivity index (χ1n) is 5.71. The van der Waals surface area contributed by atoms with Gasteiger partial charge in [-0.25, -0.2) is 10.8 Å². The highest BCUT2D eigenvalue weighted by Gasteiger charge is 2.10. The van der Waals surface area contributed by atoms with E-state index in [0.717, 1.165) is 0 Å². The number of nitrogens with zero attached hydrogens (tertiary/aromatic N) is 2. The van der Waals surface area contributed by atoms with Gasteiger partial charge in [-0.1, -0.05) is 12.1 Å². The van der Waals surface area contributed by atoms with Crippen LogP contribution < -0.4 is 21.3 Å². The van der Waals surface area contributed by atoms with Gasteiger partial charge in [0.25, 0.3) is 0 Å². The summed E-state index contributed by atoms with van der Waals surface area (Å²) in [6.45, 7) is -1.14. The van der Waals surface area contributed by atoms with Gasteiger partial charge in [0, 0.05) is 11.8 Å². The second-order valence-corrected chi connectivity index (χ2v) is 3.86. The number of aromatic nitrogens is 2. The zero-order valence-corrected chi connectivity index (χ0v) is 10.6. The molecule has 106 valence electrons. The first kappa shape index (κ1) is 13.9.